The molecule has 0 saturated heterocycles. The molecule has 0 unspecified atom stereocenters. The zero-order chi connectivity index (χ0) is 22.5. The topological polar surface area (TPSA) is 71.8 Å². The number of nitrogens with zero attached hydrogens (tertiary/aromatic N) is 2. The number of methoxy groups -OCH3 is 2. The second kappa shape index (κ2) is 9.80. The van der Waals surface area contributed by atoms with E-state index < -0.39 is 5.97 Å². The van der Waals surface area contributed by atoms with Crippen LogP contribution in [0.25, 0.3) is 21.8 Å². The molecule has 0 N–H and O–H groups in total. The molecule has 0 aliphatic heterocycles. The maximum absolute atomic E-state index is 12.6. The van der Waals surface area contributed by atoms with Crippen LogP contribution in [0.3, 0.4) is 0 Å². The van der Waals surface area contributed by atoms with Crippen LogP contribution in [0.5, 0.6) is 5.75 Å². The Hall–Kier alpha value is -3.42. The van der Waals surface area contributed by atoms with Gasteiger partial charge in [-0.05, 0) is 30.7 Å². The molecule has 0 radical (unpaired) electrons. The van der Waals surface area contributed by atoms with Crippen LogP contribution in [0.4, 0.5) is 0 Å². The van der Waals surface area contributed by atoms with Crippen molar-refractivity contribution in [2.24, 2.45) is 0 Å². The van der Waals surface area contributed by atoms with Crippen molar-refractivity contribution < 1.29 is 23.7 Å². The molecule has 7 heteroatoms. The second-order valence-corrected chi connectivity index (χ2v) is 7.30. The monoisotopic (exact) mass is 434 g/mol. The molecule has 2 heterocycles. The van der Waals surface area contributed by atoms with E-state index in [4.69, 9.17) is 18.9 Å². The number of carbonyl (C=O) groups is 1. The lowest BCUT2D eigenvalue weighted by Gasteiger charge is -2.10. The molecule has 2 aromatic heterocycles. The smallest absolute Gasteiger partial charge is 0.357 e. The summed E-state index contributed by atoms with van der Waals surface area (Å²) in [6.45, 7) is 3.07. The molecule has 0 atom stereocenters. The van der Waals surface area contributed by atoms with Gasteiger partial charge in [-0.1, -0.05) is 30.3 Å². The molecule has 4 aromatic rings. The largest absolute Gasteiger partial charge is 0.489 e. The molecule has 0 amide bonds. The van der Waals surface area contributed by atoms with Crippen molar-refractivity contribution in [2.45, 2.75) is 26.9 Å². The number of pyridine rings is 1. The first-order chi connectivity index (χ1) is 15.7. The summed E-state index contributed by atoms with van der Waals surface area (Å²) in [6.07, 6.45) is 1.68. The molecule has 32 heavy (non-hydrogen) atoms. The van der Waals surface area contributed by atoms with E-state index in [0.717, 1.165) is 33.1 Å². The SMILES string of the molecule is CCOC(=O)c1ncc2c(c1COC)c1cc(OCc3ccccc3)ccc1n2COC. The van der Waals surface area contributed by atoms with Crippen LogP contribution in [0.1, 0.15) is 28.5 Å². The lowest BCUT2D eigenvalue weighted by atomic mass is 10.1. The predicted octanol–water partition coefficient (Wildman–Crippen LogP) is 4.70. The fraction of sp³-hybridized carbons (Fsp3) is 0.280. The van der Waals surface area contributed by atoms with Crippen molar-refractivity contribution in [3.63, 3.8) is 0 Å². The van der Waals surface area contributed by atoms with Gasteiger partial charge in [-0.2, -0.15) is 0 Å². The van der Waals surface area contributed by atoms with E-state index in [-0.39, 0.29) is 18.9 Å². The summed E-state index contributed by atoms with van der Waals surface area (Å²) >= 11 is 0. The van der Waals surface area contributed by atoms with Crippen LogP contribution in [0.15, 0.2) is 54.7 Å². The average Bonchev–Trinajstić information content (AvgIpc) is 3.12. The van der Waals surface area contributed by atoms with E-state index in [0.29, 0.717) is 18.9 Å². The summed E-state index contributed by atoms with van der Waals surface area (Å²) in [5.41, 5.74) is 3.83. The number of benzene rings is 2. The van der Waals surface area contributed by atoms with Gasteiger partial charge in [0.25, 0.3) is 0 Å². The highest BCUT2D eigenvalue weighted by atomic mass is 16.5. The van der Waals surface area contributed by atoms with Crippen LogP contribution < -0.4 is 4.74 Å². The molecular weight excluding hydrogens is 408 g/mol. The zero-order valence-electron chi connectivity index (χ0n) is 18.5. The van der Waals surface area contributed by atoms with Gasteiger partial charge in [-0.25, -0.2) is 9.78 Å². The number of fused-ring (bicyclic) bond motifs is 3. The van der Waals surface area contributed by atoms with Crippen LogP contribution >= 0.6 is 0 Å². The van der Waals surface area contributed by atoms with E-state index in [9.17, 15) is 4.79 Å². The lowest BCUT2D eigenvalue weighted by molar-refractivity contribution is 0.0514. The number of aromatic nitrogens is 2. The molecule has 0 fully saturated rings. The Kier molecular flexibility index (Phi) is 6.68. The predicted molar refractivity (Wildman–Crippen MR) is 122 cm³/mol. The number of rotatable bonds is 9. The van der Waals surface area contributed by atoms with E-state index in [2.05, 4.69) is 4.98 Å². The first kappa shape index (κ1) is 21.8. The maximum Gasteiger partial charge on any atom is 0.357 e. The van der Waals surface area contributed by atoms with Crippen LogP contribution in [0.2, 0.25) is 0 Å². The summed E-state index contributed by atoms with van der Waals surface area (Å²) in [4.78, 5) is 17.0. The van der Waals surface area contributed by atoms with Crippen LogP contribution in [-0.2, 0) is 34.2 Å². The Morgan fingerprint density at radius 3 is 2.53 bits per heavy atom. The molecule has 0 aliphatic rings. The van der Waals surface area contributed by atoms with Gasteiger partial charge in [0.05, 0.1) is 30.4 Å². The zero-order valence-corrected chi connectivity index (χ0v) is 18.5. The first-order valence-electron chi connectivity index (χ1n) is 10.4. The van der Waals surface area contributed by atoms with Crippen LogP contribution in [-0.4, -0.2) is 36.3 Å². The molecular formula is C25H26N2O5. The Morgan fingerprint density at radius 1 is 1.00 bits per heavy atom. The van der Waals surface area contributed by atoms with Crippen molar-refractivity contribution in [3.05, 3.63) is 71.5 Å². The molecule has 0 spiro atoms. The van der Waals surface area contributed by atoms with E-state index in [1.807, 2.05) is 53.1 Å². The minimum absolute atomic E-state index is 0.222. The van der Waals surface area contributed by atoms with Gasteiger partial charge in [-0.15, -0.1) is 0 Å². The van der Waals surface area contributed by atoms with Crippen molar-refractivity contribution in [2.75, 3.05) is 20.8 Å². The molecule has 4 rings (SSSR count). The Labute approximate surface area is 186 Å². The minimum atomic E-state index is -0.467. The van der Waals surface area contributed by atoms with Gasteiger partial charge in [0.15, 0.2) is 5.69 Å². The molecule has 2 aromatic carbocycles. The Morgan fingerprint density at radius 2 is 1.81 bits per heavy atom. The second-order valence-electron chi connectivity index (χ2n) is 7.30. The van der Waals surface area contributed by atoms with Gasteiger partial charge in [0.1, 0.15) is 19.1 Å². The highest BCUT2D eigenvalue weighted by molar-refractivity contribution is 6.12. The molecule has 0 saturated carbocycles. The number of ether oxygens (including phenoxy) is 4. The van der Waals surface area contributed by atoms with Crippen LogP contribution in [0, 0.1) is 0 Å². The van der Waals surface area contributed by atoms with Crippen molar-refractivity contribution in [3.8, 4) is 5.75 Å². The normalized spacial score (nSPS) is 11.2. The minimum Gasteiger partial charge on any atom is -0.489 e. The van der Waals surface area contributed by atoms with Gasteiger partial charge >= 0.3 is 5.97 Å². The van der Waals surface area contributed by atoms with E-state index >= 15 is 0 Å². The van der Waals surface area contributed by atoms with Gasteiger partial charge < -0.3 is 23.5 Å². The first-order valence-corrected chi connectivity index (χ1v) is 10.4. The summed E-state index contributed by atoms with van der Waals surface area (Å²) in [5.74, 6) is 0.265. The molecule has 0 aliphatic carbocycles. The summed E-state index contributed by atoms with van der Waals surface area (Å²) in [7, 11) is 3.24. The van der Waals surface area contributed by atoms with Gasteiger partial charge in [0.2, 0.25) is 0 Å². The summed E-state index contributed by atoms with van der Waals surface area (Å²) in [6, 6.07) is 15.9. The average molecular weight is 434 g/mol. The maximum atomic E-state index is 12.6. The number of hydrogen-bond donors (Lipinski definition) is 0. The quantitative estimate of drug-likeness (QED) is 0.356. The Balaban J connectivity index is 1.87. The van der Waals surface area contributed by atoms with Crippen molar-refractivity contribution in [1.82, 2.24) is 9.55 Å². The third-order valence-corrected chi connectivity index (χ3v) is 5.24. The van der Waals surface area contributed by atoms with E-state index in [1.54, 1.807) is 27.3 Å². The third kappa shape index (κ3) is 4.17. The number of carbonyl (C=O) groups excluding carboxylic acids is 1. The molecule has 7 nitrogen and oxygen atoms in total. The fourth-order valence-corrected chi connectivity index (χ4v) is 3.89. The highest BCUT2D eigenvalue weighted by Gasteiger charge is 2.22. The van der Waals surface area contributed by atoms with Crippen molar-refractivity contribution >= 4 is 27.8 Å². The van der Waals surface area contributed by atoms with Gasteiger partial charge in [-0.3, -0.25) is 0 Å². The van der Waals surface area contributed by atoms with E-state index in [1.165, 1.54) is 0 Å². The lowest BCUT2D eigenvalue weighted by Crippen LogP contribution is -2.12. The highest BCUT2D eigenvalue weighted by Crippen LogP contribution is 2.35. The number of esters is 1. The Bertz CT molecular complexity index is 1230. The van der Waals surface area contributed by atoms with Gasteiger partial charge in [0, 0.05) is 30.6 Å². The molecule has 166 valence electrons. The standard InChI is InChI=1S/C25H26N2O5/c1-4-31-25(28)24-20(15-29-2)23-19-12-18(32-14-17-8-6-5-7-9-17)10-11-21(19)27(16-30-3)22(23)13-26-24/h5-13H,4,14-16H2,1-3H3. The molecule has 0 bridgehead atoms. The number of hydrogen-bond acceptors (Lipinski definition) is 6. The summed E-state index contributed by atoms with van der Waals surface area (Å²) in [5, 5.41) is 1.81. The third-order valence-electron chi connectivity index (χ3n) is 5.24. The summed E-state index contributed by atoms with van der Waals surface area (Å²) < 4.78 is 24.2. The van der Waals surface area contributed by atoms with Crippen molar-refractivity contribution in [1.29, 1.82) is 0 Å². The fourth-order valence-electron chi connectivity index (χ4n) is 3.89.